The van der Waals surface area contributed by atoms with Crippen LogP contribution < -0.4 is 5.32 Å². The van der Waals surface area contributed by atoms with Crippen molar-refractivity contribution >= 4 is 5.97 Å². The third-order valence-corrected chi connectivity index (χ3v) is 2.66. The van der Waals surface area contributed by atoms with Gasteiger partial charge in [-0.15, -0.1) is 0 Å². The Morgan fingerprint density at radius 2 is 1.43 bits per heavy atom. The van der Waals surface area contributed by atoms with E-state index in [0.29, 0.717) is 59.2 Å². The number of methoxy groups -OCH3 is 2. The SMILES string of the molecule is CCNC(CCOCCOCCOCCOC)C(=O)OC. The van der Waals surface area contributed by atoms with Crippen LogP contribution in [0.5, 0.6) is 0 Å². The predicted molar refractivity (Wildman–Crippen MR) is 78.4 cm³/mol. The lowest BCUT2D eigenvalue weighted by molar-refractivity contribution is -0.143. The van der Waals surface area contributed by atoms with Gasteiger partial charge in [0.1, 0.15) is 6.04 Å². The molecule has 0 spiro atoms. The second-order valence-electron chi connectivity index (χ2n) is 4.25. The van der Waals surface area contributed by atoms with E-state index in [1.807, 2.05) is 6.92 Å². The first-order valence-electron chi connectivity index (χ1n) is 7.29. The van der Waals surface area contributed by atoms with Crippen molar-refractivity contribution < 1.29 is 28.5 Å². The molecule has 0 aliphatic carbocycles. The zero-order chi connectivity index (χ0) is 15.8. The Balaban J connectivity index is 3.35. The monoisotopic (exact) mass is 307 g/mol. The molecule has 21 heavy (non-hydrogen) atoms. The van der Waals surface area contributed by atoms with Gasteiger partial charge in [-0.2, -0.15) is 0 Å². The van der Waals surface area contributed by atoms with E-state index in [1.54, 1.807) is 7.11 Å². The summed E-state index contributed by atoms with van der Waals surface area (Å²) in [7, 11) is 3.02. The number of likely N-dealkylation sites (N-methyl/N-ethyl adjacent to an activating group) is 1. The minimum absolute atomic E-state index is 0.259. The van der Waals surface area contributed by atoms with E-state index in [0.717, 1.165) is 0 Å². The number of nitrogens with one attached hydrogen (secondary N) is 1. The van der Waals surface area contributed by atoms with E-state index in [4.69, 9.17) is 23.7 Å². The molecule has 0 aliphatic heterocycles. The molecule has 1 atom stereocenters. The summed E-state index contributed by atoms with van der Waals surface area (Å²) in [5.74, 6) is -0.259. The van der Waals surface area contributed by atoms with E-state index >= 15 is 0 Å². The van der Waals surface area contributed by atoms with E-state index in [2.05, 4.69) is 5.32 Å². The molecular formula is C14H29NO6. The summed E-state index contributed by atoms with van der Waals surface area (Å²) in [6.07, 6.45) is 0.584. The number of carbonyl (C=O) groups is 1. The maximum Gasteiger partial charge on any atom is 0.322 e. The fraction of sp³-hybridized carbons (Fsp3) is 0.929. The van der Waals surface area contributed by atoms with Crippen LogP contribution in [-0.2, 0) is 28.5 Å². The van der Waals surface area contributed by atoms with Crippen LogP contribution in [0.1, 0.15) is 13.3 Å². The van der Waals surface area contributed by atoms with Crippen LogP contribution in [0, 0.1) is 0 Å². The highest BCUT2D eigenvalue weighted by Crippen LogP contribution is 1.96. The van der Waals surface area contributed by atoms with Crippen LogP contribution in [0.2, 0.25) is 0 Å². The van der Waals surface area contributed by atoms with Crippen molar-refractivity contribution in [1.29, 1.82) is 0 Å². The maximum absolute atomic E-state index is 11.4. The Hall–Kier alpha value is -0.730. The molecule has 0 saturated heterocycles. The largest absolute Gasteiger partial charge is 0.468 e. The van der Waals surface area contributed by atoms with E-state index in [-0.39, 0.29) is 12.0 Å². The molecule has 0 aliphatic rings. The van der Waals surface area contributed by atoms with Crippen LogP contribution in [0.15, 0.2) is 0 Å². The smallest absolute Gasteiger partial charge is 0.322 e. The van der Waals surface area contributed by atoms with Gasteiger partial charge in [-0.3, -0.25) is 4.79 Å². The first-order valence-corrected chi connectivity index (χ1v) is 7.29. The Kier molecular flexibility index (Phi) is 15.1. The molecule has 0 amide bonds. The third-order valence-electron chi connectivity index (χ3n) is 2.66. The van der Waals surface area contributed by atoms with Gasteiger partial charge in [-0.1, -0.05) is 6.92 Å². The third kappa shape index (κ3) is 12.7. The van der Waals surface area contributed by atoms with Crippen molar-refractivity contribution in [2.24, 2.45) is 0 Å². The topological polar surface area (TPSA) is 75.3 Å². The minimum Gasteiger partial charge on any atom is -0.468 e. The van der Waals surface area contributed by atoms with Crippen LogP contribution in [0.3, 0.4) is 0 Å². The molecule has 0 radical (unpaired) electrons. The number of esters is 1. The average Bonchev–Trinajstić information content (AvgIpc) is 2.50. The second-order valence-corrected chi connectivity index (χ2v) is 4.25. The highest BCUT2D eigenvalue weighted by Gasteiger charge is 2.16. The summed E-state index contributed by atoms with van der Waals surface area (Å²) in [5.41, 5.74) is 0. The first kappa shape index (κ1) is 20.3. The Labute approximate surface area is 127 Å². The first-order chi connectivity index (χ1) is 10.3. The molecule has 0 rings (SSSR count). The summed E-state index contributed by atoms with van der Waals surface area (Å²) in [6.45, 7) is 6.41. The molecule has 0 heterocycles. The Morgan fingerprint density at radius 3 is 1.90 bits per heavy atom. The molecule has 7 nitrogen and oxygen atoms in total. The van der Waals surface area contributed by atoms with Crippen molar-refractivity contribution in [2.75, 3.05) is 67.0 Å². The van der Waals surface area contributed by atoms with Gasteiger partial charge >= 0.3 is 5.97 Å². The lowest BCUT2D eigenvalue weighted by atomic mass is 10.2. The van der Waals surface area contributed by atoms with Gasteiger partial charge in [0.05, 0.1) is 46.8 Å². The number of hydrogen-bond acceptors (Lipinski definition) is 7. The van der Waals surface area contributed by atoms with E-state index in [9.17, 15) is 4.79 Å². The van der Waals surface area contributed by atoms with Crippen molar-refractivity contribution in [3.8, 4) is 0 Å². The number of rotatable bonds is 15. The molecule has 0 aromatic heterocycles. The molecule has 1 N–H and O–H groups in total. The summed E-state index contributed by atoms with van der Waals surface area (Å²) >= 11 is 0. The van der Waals surface area contributed by atoms with Crippen LogP contribution in [0.4, 0.5) is 0 Å². The standard InChI is InChI=1S/C14H29NO6/c1-4-15-13(14(16)18-3)5-6-19-9-10-21-12-11-20-8-7-17-2/h13,15H,4-12H2,1-3H3. The molecule has 0 aromatic rings. The van der Waals surface area contributed by atoms with Crippen LogP contribution in [0.25, 0.3) is 0 Å². The molecule has 7 heteroatoms. The van der Waals surface area contributed by atoms with E-state index < -0.39 is 0 Å². The van der Waals surface area contributed by atoms with Gasteiger partial charge < -0.3 is 29.0 Å². The molecule has 0 bridgehead atoms. The second kappa shape index (κ2) is 15.7. The fourth-order valence-corrected chi connectivity index (χ4v) is 1.58. The highest BCUT2D eigenvalue weighted by atomic mass is 16.6. The van der Waals surface area contributed by atoms with Crippen molar-refractivity contribution in [3.63, 3.8) is 0 Å². The van der Waals surface area contributed by atoms with Gasteiger partial charge in [0.25, 0.3) is 0 Å². The van der Waals surface area contributed by atoms with Gasteiger partial charge in [0, 0.05) is 13.7 Å². The molecule has 0 saturated carbocycles. The van der Waals surface area contributed by atoms with Gasteiger partial charge in [0.2, 0.25) is 0 Å². The van der Waals surface area contributed by atoms with Crippen molar-refractivity contribution in [1.82, 2.24) is 5.32 Å². The zero-order valence-corrected chi connectivity index (χ0v) is 13.4. The van der Waals surface area contributed by atoms with Crippen LogP contribution >= 0.6 is 0 Å². The van der Waals surface area contributed by atoms with Crippen LogP contribution in [-0.4, -0.2) is 79.0 Å². The quantitative estimate of drug-likeness (QED) is 0.343. The normalized spacial score (nSPS) is 12.3. The highest BCUT2D eigenvalue weighted by molar-refractivity contribution is 5.75. The number of carbonyl (C=O) groups excluding carboxylic acids is 1. The summed E-state index contributed by atoms with van der Waals surface area (Å²) in [6, 6.07) is -0.310. The van der Waals surface area contributed by atoms with Crippen molar-refractivity contribution in [3.05, 3.63) is 0 Å². The average molecular weight is 307 g/mol. The maximum atomic E-state index is 11.4. The van der Waals surface area contributed by atoms with Gasteiger partial charge in [0.15, 0.2) is 0 Å². The molecule has 0 aromatic carbocycles. The molecular weight excluding hydrogens is 278 g/mol. The Morgan fingerprint density at radius 1 is 0.905 bits per heavy atom. The molecule has 1 unspecified atom stereocenters. The summed E-state index contributed by atoms with van der Waals surface area (Å²) in [4.78, 5) is 11.4. The van der Waals surface area contributed by atoms with Gasteiger partial charge in [-0.05, 0) is 13.0 Å². The molecule has 126 valence electrons. The zero-order valence-electron chi connectivity index (χ0n) is 13.4. The fourth-order valence-electron chi connectivity index (χ4n) is 1.58. The van der Waals surface area contributed by atoms with Crippen molar-refractivity contribution in [2.45, 2.75) is 19.4 Å². The molecule has 0 fully saturated rings. The summed E-state index contributed by atoms with van der Waals surface area (Å²) in [5, 5.41) is 3.06. The lowest BCUT2D eigenvalue weighted by Gasteiger charge is -2.15. The number of hydrogen-bond donors (Lipinski definition) is 1. The van der Waals surface area contributed by atoms with E-state index in [1.165, 1.54) is 7.11 Å². The van der Waals surface area contributed by atoms with Gasteiger partial charge in [-0.25, -0.2) is 0 Å². The summed E-state index contributed by atoms with van der Waals surface area (Å²) < 4.78 is 25.6. The lowest BCUT2D eigenvalue weighted by Crippen LogP contribution is -2.38. The minimum atomic E-state index is -0.310. The Bertz CT molecular complexity index is 240. The number of ether oxygens (including phenoxy) is 5. The predicted octanol–water partition coefficient (Wildman–Crippen LogP) is 0.224.